The second-order valence-corrected chi connectivity index (χ2v) is 9.27. The highest BCUT2D eigenvalue weighted by atomic mass is 127. The summed E-state index contributed by atoms with van der Waals surface area (Å²) in [6.45, 7) is 11.1. The van der Waals surface area contributed by atoms with Crippen LogP contribution in [0.25, 0.3) is 5.65 Å². The predicted molar refractivity (Wildman–Crippen MR) is 114 cm³/mol. The quantitative estimate of drug-likeness (QED) is 0.641. The first kappa shape index (κ1) is 22.2. The molecule has 0 atom stereocenters. The molecule has 0 radical (unpaired) electrons. The van der Waals surface area contributed by atoms with E-state index in [1.807, 2.05) is 0 Å². The van der Waals surface area contributed by atoms with Crippen LogP contribution < -0.4 is 10.2 Å². The van der Waals surface area contributed by atoms with Gasteiger partial charge >= 0.3 is 12.2 Å². The van der Waals surface area contributed by atoms with Crippen molar-refractivity contribution in [3.05, 3.63) is 22.0 Å². The molecule has 0 fully saturated rings. The number of carbonyl (C=O) groups is 2. The van der Waals surface area contributed by atoms with E-state index in [9.17, 15) is 9.59 Å². The van der Waals surface area contributed by atoms with Crippen LogP contribution in [0, 0.1) is 3.57 Å². The molecule has 0 aliphatic rings. The van der Waals surface area contributed by atoms with E-state index in [0.717, 1.165) is 3.57 Å². The van der Waals surface area contributed by atoms with Crippen LogP contribution in [0.1, 0.15) is 41.5 Å². The lowest BCUT2D eigenvalue weighted by molar-refractivity contribution is 0.0512. The van der Waals surface area contributed by atoms with Gasteiger partial charge in [-0.15, -0.1) is 0 Å². The molecule has 0 aliphatic carbocycles. The van der Waals surface area contributed by atoms with Gasteiger partial charge in [0.25, 0.3) is 0 Å². The molecule has 28 heavy (non-hydrogen) atoms. The second kappa shape index (κ2) is 8.50. The van der Waals surface area contributed by atoms with Gasteiger partial charge in [-0.3, -0.25) is 4.90 Å². The van der Waals surface area contributed by atoms with Gasteiger partial charge in [0.05, 0.1) is 9.77 Å². The number of alkyl carbamates (subject to hydrolysis) is 1. The molecule has 1 N–H and O–H groups in total. The summed E-state index contributed by atoms with van der Waals surface area (Å²) in [7, 11) is 0. The summed E-state index contributed by atoms with van der Waals surface area (Å²) >= 11 is 2.13. The number of hydrogen-bond acceptors (Lipinski definition) is 6. The van der Waals surface area contributed by atoms with Crippen molar-refractivity contribution >= 4 is 46.2 Å². The van der Waals surface area contributed by atoms with Gasteiger partial charge in [0, 0.05) is 19.3 Å². The molecule has 10 heteroatoms. The van der Waals surface area contributed by atoms with E-state index < -0.39 is 23.4 Å². The molecule has 0 unspecified atom stereocenters. The number of hydrogen-bond donors (Lipinski definition) is 1. The van der Waals surface area contributed by atoms with Crippen LogP contribution in [-0.4, -0.2) is 51.1 Å². The van der Waals surface area contributed by atoms with Crippen molar-refractivity contribution in [1.29, 1.82) is 0 Å². The number of rotatable bonds is 4. The topological polar surface area (TPSA) is 98.1 Å². The number of carbonyl (C=O) groups excluding carboxylic acids is 2. The molecule has 2 rings (SSSR count). The summed E-state index contributed by atoms with van der Waals surface area (Å²) in [5.74, 6) is 0.408. The Labute approximate surface area is 177 Å². The molecular weight excluding hydrogens is 477 g/mol. The van der Waals surface area contributed by atoms with Crippen LogP contribution in [0.3, 0.4) is 0 Å². The van der Waals surface area contributed by atoms with Gasteiger partial charge in [-0.2, -0.15) is 5.10 Å². The third-order valence-corrected chi connectivity index (χ3v) is 3.97. The first-order valence-electron chi connectivity index (χ1n) is 8.83. The summed E-state index contributed by atoms with van der Waals surface area (Å²) in [6.07, 6.45) is 2.31. The predicted octanol–water partition coefficient (Wildman–Crippen LogP) is 3.60. The van der Waals surface area contributed by atoms with Crippen molar-refractivity contribution in [2.45, 2.75) is 52.7 Å². The molecule has 0 aromatic carbocycles. The Hall–Kier alpha value is -2.11. The minimum Gasteiger partial charge on any atom is -0.444 e. The maximum atomic E-state index is 12.7. The van der Waals surface area contributed by atoms with Crippen LogP contribution in [0.5, 0.6) is 0 Å². The standard InChI is InChI=1S/C18H26IN5O4/c1-17(2,3)27-15(25)20-8-10-23(16(26)28-18(4,5)6)13-7-9-24-14(22-13)12(19)11-21-24/h7,9,11H,8,10H2,1-6H3,(H,20,25). The fourth-order valence-corrected chi connectivity index (χ4v) is 2.67. The van der Waals surface area contributed by atoms with Crippen LogP contribution in [-0.2, 0) is 9.47 Å². The monoisotopic (exact) mass is 503 g/mol. The average Bonchev–Trinajstić information content (AvgIpc) is 2.89. The molecule has 0 bridgehead atoms. The highest BCUT2D eigenvalue weighted by molar-refractivity contribution is 14.1. The molecule has 2 amide bonds. The Morgan fingerprint density at radius 2 is 1.82 bits per heavy atom. The molecule has 2 aromatic heterocycles. The van der Waals surface area contributed by atoms with Crippen molar-refractivity contribution in [3.8, 4) is 0 Å². The Balaban J connectivity index is 2.18. The molecule has 0 saturated heterocycles. The highest BCUT2D eigenvalue weighted by Gasteiger charge is 2.25. The summed E-state index contributed by atoms with van der Waals surface area (Å²) in [4.78, 5) is 30.5. The Kier molecular flexibility index (Phi) is 6.73. The molecule has 0 aliphatic heterocycles. The largest absolute Gasteiger partial charge is 0.444 e. The first-order chi connectivity index (χ1) is 12.9. The fraction of sp³-hybridized carbons (Fsp3) is 0.556. The number of fused-ring (bicyclic) bond motifs is 1. The van der Waals surface area contributed by atoms with Crippen LogP contribution in [0.2, 0.25) is 0 Å². The van der Waals surface area contributed by atoms with Gasteiger partial charge < -0.3 is 14.8 Å². The summed E-state index contributed by atoms with van der Waals surface area (Å²) < 4.78 is 13.2. The minimum absolute atomic E-state index is 0.169. The fourth-order valence-electron chi connectivity index (χ4n) is 2.18. The van der Waals surface area contributed by atoms with E-state index in [1.165, 1.54) is 4.90 Å². The number of ether oxygens (including phenoxy) is 2. The van der Waals surface area contributed by atoms with Crippen LogP contribution in [0.15, 0.2) is 18.5 Å². The number of anilines is 1. The van der Waals surface area contributed by atoms with Crippen LogP contribution >= 0.6 is 22.6 Å². The third-order valence-electron chi connectivity index (χ3n) is 3.21. The Morgan fingerprint density at radius 3 is 2.43 bits per heavy atom. The van der Waals surface area contributed by atoms with Crippen molar-refractivity contribution in [3.63, 3.8) is 0 Å². The normalized spacial score (nSPS) is 12.0. The van der Waals surface area contributed by atoms with Crippen molar-refractivity contribution < 1.29 is 19.1 Å². The van der Waals surface area contributed by atoms with Crippen molar-refractivity contribution in [2.75, 3.05) is 18.0 Å². The smallest absolute Gasteiger partial charge is 0.416 e. The van der Waals surface area contributed by atoms with Gasteiger partial charge in [-0.25, -0.2) is 19.1 Å². The van der Waals surface area contributed by atoms with Gasteiger partial charge in [-0.1, -0.05) is 0 Å². The summed E-state index contributed by atoms with van der Waals surface area (Å²) in [5.41, 5.74) is -0.629. The van der Waals surface area contributed by atoms with Crippen LogP contribution in [0.4, 0.5) is 15.4 Å². The Bertz CT molecular complexity index is 854. The summed E-state index contributed by atoms with van der Waals surface area (Å²) in [5, 5.41) is 6.82. The highest BCUT2D eigenvalue weighted by Crippen LogP contribution is 2.19. The third kappa shape index (κ3) is 6.50. The van der Waals surface area contributed by atoms with E-state index in [1.54, 1.807) is 64.5 Å². The average molecular weight is 503 g/mol. The molecule has 2 aromatic rings. The number of aromatic nitrogens is 3. The van der Waals surface area contributed by atoms with E-state index in [4.69, 9.17) is 9.47 Å². The van der Waals surface area contributed by atoms with E-state index in [0.29, 0.717) is 11.5 Å². The zero-order chi connectivity index (χ0) is 21.1. The molecule has 0 spiro atoms. The van der Waals surface area contributed by atoms with Gasteiger partial charge in [0.1, 0.15) is 17.0 Å². The van der Waals surface area contributed by atoms with Crippen molar-refractivity contribution in [2.24, 2.45) is 0 Å². The molecule has 0 saturated carbocycles. The van der Waals surface area contributed by atoms with E-state index in [2.05, 4.69) is 38.0 Å². The number of nitrogens with zero attached hydrogens (tertiary/aromatic N) is 4. The number of amides is 2. The van der Waals surface area contributed by atoms with Gasteiger partial charge in [0.15, 0.2) is 5.65 Å². The lowest BCUT2D eigenvalue weighted by Gasteiger charge is -2.27. The molecule has 2 heterocycles. The SMILES string of the molecule is CC(C)(C)OC(=O)NCCN(C(=O)OC(C)(C)C)c1ccn2ncc(I)c2n1. The Morgan fingerprint density at radius 1 is 1.18 bits per heavy atom. The van der Waals surface area contributed by atoms with E-state index in [-0.39, 0.29) is 13.1 Å². The minimum atomic E-state index is -0.664. The zero-order valence-electron chi connectivity index (χ0n) is 16.9. The zero-order valence-corrected chi connectivity index (χ0v) is 19.1. The second-order valence-electron chi connectivity index (χ2n) is 8.11. The lowest BCUT2D eigenvalue weighted by atomic mass is 10.2. The maximum absolute atomic E-state index is 12.7. The van der Waals surface area contributed by atoms with E-state index >= 15 is 0 Å². The molecular formula is C18H26IN5O4. The number of nitrogens with one attached hydrogen (secondary N) is 1. The van der Waals surface area contributed by atoms with Gasteiger partial charge in [0.2, 0.25) is 0 Å². The summed E-state index contributed by atoms with van der Waals surface area (Å²) in [6, 6.07) is 1.67. The molecule has 9 nitrogen and oxygen atoms in total. The molecule has 154 valence electrons. The van der Waals surface area contributed by atoms with Crippen molar-refractivity contribution in [1.82, 2.24) is 19.9 Å². The maximum Gasteiger partial charge on any atom is 0.416 e. The first-order valence-corrected chi connectivity index (χ1v) is 9.91. The number of halogens is 1. The lowest BCUT2D eigenvalue weighted by Crippen LogP contribution is -2.43. The van der Waals surface area contributed by atoms with Gasteiger partial charge in [-0.05, 0) is 70.2 Å².